The number of benzene rings is 2. The highest BCUT2D eigenvalue weighted by Gasteiger charge is 2.22. The molecule has 0 aliphatic carbocycles. The fraction of sp³-hybridized carbons (Fsp3) is 0.118. The van der Waals surface area contributed by atoms with E-state index in [4.69, 9.17) is 23.2 Å². The SMILES string of the molecule is CN1C=C(Cl)C=NC(c2ccccc2F)c2cc(Cl)ccc21. The largest absolute Gasteiger partial charge is 0.349 e. The maximum Gasteiger partial charge on any atom is 0.128 e. The Bertz CT molecular complexity index is 771. The van der Waals surface area contributed by atoms with Crippen LogP contribution >= 0.6 is 23.2 Å². The third-order valence-corrected chi connectivity index (χ3v) is 3.96. The molecule has 0 N–H and O–H groups in total. The molecule has 0 aromatic heterocycles. The van der Waals surface area contributed by atoms with Gasteiger partial charge in [-0.2, -0.15) is 0 Å². The summed E-state index contributed by atoms with van der Waals surface area (Å²) in [5.41, 5.74) is 2.20. The fourth-order valence-corrected chi connectivity index (χ4v) is 2.91. The van der Waals surface area contributed by atoms with Gasteiger partial charge in [0.05, 0.1) is 5.03 Å². The van der Waals surface area contributed by atoms with Gasteiger partial charge < -0.3 is 4.90 Å². The Morgan fingerprint density at radius 3 is 2.64 bits per heavy atom. The van der Waals surface area contributed by atoms with Crippen molar-refractivity contribution in [1.82, 2.24) is 0 Å². The molecule has 1 unspecified atom stereocenters. The van der Waals surface area contributed by atoms with Gasteiger partial charge in [0.15, 0.2) is 0 Å². The third-order valence-electron chi connectivity index (χ3n) is 3.53. The van der Waals surface area contributed by atoms with E-state index in [0.717, 1.165) is 11.3 Å². The van der Waals surface area contributed by atoms with Crippen molar-refractivity contribution in [2.24, 2.45) is 4.99 Å². The van der Waals surface area contributed by atoms with Crippen molar-refractivity contribution >= 4 is 35.1 Å². The highest BCUT2D eigenvalue weighted by molar-refractivity contribution is 6.39. The monoisotopic (exact) mass is 334 g/mol. The molecule has 0 saturated carbocycles. The summed E-state index contributed by atoms with van der Waals surface area (Å²) in [7, 11) is 1.88. The van der Waals surface area contributed by atoms with Crippen molar-refractivity contribution in [2.75, 3.05) is 11.9 Å². The summed E-state index contributed by atoms with van der Waals surface area (Å²) in [6, 6.07) is 11.6. The second kappa shape index (κ2) is 6.11. The van der Waals surface area contributed by atoms with Gasteiger partial charge >= 0.3 is 0 Å². The molecular formula is C17H13Cl2FN2. The van der Waals surface area contributed by atoms with E-state index in [1.165, 1.54) is 6.07 Å². The van der Waals surface area contributed by atoms with Crippen LogP contribution in [0.25, 0.3) is 0 Å². The zero-order valence-corrected chi connectivity index (χ0v) is 13.3. The van der Waals surface area contributed by atoms with Crippen LogP contribution in [0.15, 0.2) is 58.7 Å². The topological polar surface area (TPSA) is 15.6 Å². The van der Waals surface area contributed by atoms with Crippen LogP contribution < -0.4 is 4.90 Å². The first-order valence-corrected chi connectivity index (χ1v) is 7.49. The summed E-state index contributed by atoms with van der Waals surface area (Å²) in [6.07, 6.45) is 3.30. The minimum atomic E-state index is -0.500. The van der Waals surface area contributed by atoms with Gasteiger partial charge in [0.1, 0.15) is 11.9 Å². The molecule has 0 bridgehead atoms. The van der Waals surface area contributed by atoms with Crippen LogP contribution in [0.4, 0.5) is 10.1 Å². The van der Waals surface area contributed by atoms with Crippen molar-refractivity contribution < 1.29 is 4.39 Å². The fourth-order valence-electron chi connectivity index (χ4n) is 2.52. The Morgan fingerprint density at radius 2 is 1.86 bits per heavy atom. The molecule has 2 nitrogen and oxygen atoms in total. The first-order valence-electron chi connectivity index (χ1n) is 6.73. The summed E-state index contributed by atoms with van der Waals surface area (Å²) in [5, 5.41) is 1.06. The summed E-state index contributed by atoms with van der Waals surface area (Å²) >= 11 is 12.3. The Kier molecular flexibility index (Phi) is 4.19. The lowest BCUT2D eigenvalue weighted by molar-refractivity contribution is 0.600. The summed E-state index contributed by atoms with van der Waals surface area (Å²) in [5.74, 6) is -0.307. The molecule has 0 radical (unpaired) electrons. The Labute approximate surface area is 138 Å². The maximum atomic E-state index is 14.2. The summed E-state index contributed by atoms with van der Waals surface area (Å²) in [4.78, 5) is 6.34. The van der Waals surface area contributed by atoms with Crippen LogP contribution in [0.3, 0.4) is 0 Å². The Morgan fingerprint density at radius 1 is 1.09 bits per heavy atom. The van der Waals surface area contributed by atoms with Gasteiger partial charge in [-0.1, -0.05) is 41.4 Å². The van der Waals surface area contributed by atoms with Crippen LogP contribution in [-0.2, 0) is 0 Å². The van der Waals surface area contributed by atoms with Crippen LogP contribution in [0.5, 0.6) is 0 Å². The van der Waals surface area contributed by atoms with E-state index in [-0.39, 0.29) is 5.82 Å². The van der Waals surface area contributed by atoms with Crippen LogP contribution in [0.2, 0.25) is 5.02 Å². The smallest absolute Gasteiger partial charge is 0.128 e. The molecule has 1 atom stereocenters. The van der Waals surface area contributed by atoms with E-state index >= 15 is 0 Å². The van der Waals surface area contributed by atoms with Gasteiger partial charge in [-0.05, 0) is 24.3 Å². The predicted octanol–water partition coefficient (Wildman–Crippen LogP) is 5.17. The lowest BCUT2D eigenvalue weighted by Crippen LogP contribution is -2.15. The standard InChI is InChI=1S/C17H13Cl2FN2/c1-22-10-12(19)9-21-17(13-4-2-3-5-15(13)20)14-8-11(18)6-7-16(14)22/h2-10,17H,1H3. The predicted molar refractivity (Wildman–Crippen MR) is 90.5 cm³/mol. The van der Waals surface area contributed by atoms with E-state index < -0.39 is 6.04 Å². The molecule has 2 aromatic carbocycles. The first-order chi connectivity index (χ1) is 10.6. The molecule has 0 fully saturated rings. The normalized spacial score (nSPS) is 17.5. The van der Waals surface area contributed by atoms with Crippen molar-refractivity contribution in [3.05, 3.63) is 75.7 Å². The molecule has 112 valence electrons. The third kappa shape index (κ3) is 2.87. The lowest BCUT2D eigenvalue weighted by Gasteiger charge is -2.25. The Hall–Kier alpha value is -1.84. The second-order valence-corrected chi connectivity index (χ2v) is 5.90. The minimum absolute atomic E-state index is 0.307. The number of halogens is 3. The van der Waals surface area contributed by atoms with E-state index in [2.05, 4.69) is 4.99 Å². The van der Waals surface area contributed by atoms with Crippen LogP contribution in [0, 0.1) is 5.82 Å². The number of rotatable bonds is 1. The number of hydrogen-bond donors (Lipinski definition) is 0. The van der Waals surface area contributed by atoms with Gasteiger partial charge in [0.2, 0.25) is 0 Å². The van der Waals surface area contributed by atoms with Crippen molar-refractivity contribution in [3.63, 3.8) is 0 Å². The number of fused-ring (bicyclic) bond motifs is 1. The van der Waals surface area contributed by atoms with E-state index in [1.54, 1.807) is 36.7 Å². The number of nitrogens with zero attached hydrogens (tertiary/aromatic N) is 2. The molecule has 5 heteroatoms. The van der Waals surface area contributed by atoms with Crippen molar-refractivity contribution in [2.45, 2.75) is 6.04 Å². The summed E-state index contributed by atoms with van der Waals surface area (Å²) in [6.45, 7) is 0. The van der Waals surface area contributed by atoms with Gasteiger partial charge in [-0.3, -0.25) is 4.99 Å². The van der Waals surface area contributed by atoms with Gasteiger partial charge in [0.25, 0.3) is 0 Å². The molecule has 1 aliphatic heterocycles. The zero-order valence-electron chi connectivity index (χ0n) is 11.8. The molecule has 2 aromatic rings. The minimum Gasteiger partial charge on any atom is -0.349 e. The molecule has 0 saturated heterocycles. The van der Waals surface area contributed by atoms with Crippen LogP contribution in [0.1, 0.15) is 17.2 Å². The molecule has 1 heterocycles. The molecule has 1 aliphatic rings. The first kappa shape index (κ1) is 15.1. The van der Waals surface area contributed by atoms with Crippen LogP contribution in [-0.4, -0.2) is 13.3 Å². The highest BCUT2D eigenvalue weighted by atomic mass is 35.5. The Balaban J connectivity index is 2.25. The molecule has 3 rings (SSSR count). The molecular weight excluding hydrogens is 322 g/mol. The van der Waals surface area contributed by atoms with E-state index in [9.17, 15) is 4.39 Å². The average Bonchev–Trinajstić information content (AvgIpc) is 2.48. The number of anilines is 1. The van der Waals surface area contributed by atoms with Crippen molar-refractivity contribution in [3.8, 4) is 0 Å². The van der Waals surface area contributed by atoms with E-state index in [0.29, 0.717) is 15.6 Å². The second-order valence-electron chi connectivity index (χ2n) is 5.03. The zero-order chi connectivity index (χ0) is 15.7. The van der Waals surface area contributed by atoms with E-state index in [1.807, 2.05) is 24.1 Å². The highest BCUT2D eigenvalue weighted by Crippen LogP contribution is 2.37. The average molecular weight is 335 g/mol. The van der Waals surface area contributed by atoms with Crippen molar-refractivity contribution in [1.29, 1.82) is 0 Å². The van der Waals surface area contributed by atoms with Gasteiger partial charge in [0, 0.05) is 41.3 Å². The number of aliphatic imine (C=N–C) groups is 1. The van der Waals surface area contributed by atoms with Gasteiger partial charge in [-0.15, -0.1) is 0 Å². The quantitative estimate of drug-likeness (QED) is 0.702. The maximum absolute atomic E-state index is 14.2. The number of hydrogen-bond acceptors (Lipinski definition) is 2. The lowest BCUT2D eigenvalue weighted by atomic mass is 9.96. The molecule has 0 spiro atoms. The molecule has 0 amide bonds. The van der Waals surface area contributed by atoms with Gasteiger partial charge in [-0.25, -0.2) is 4.39 Å². The molecule has 22 heavy (non-hydrogen) atoms. The summed E-state index contributed by atoms with van der Waals surface area (Å²) < 4.78 is 14.2. The number of allylic oxidation sites excluding steroid dienone is 1.